The minimum absolute atomic E-state index is 0.247. The molecule has 2 atom stereocenters. The zero-order valence-corrected chi connectivity index (χ0v) is 13.2. The summed E-state index contributed by atoms with van der Waals surface area (Å²) in [5.41, 5.74) is 1.25. The van der Waals surface area contributed by atoms with Crippen LogP contribution < -0.4 is 10.1 Å². The van der Waals surface area contributed by atoms with E-state index < -0.39 is 0 Å². The van der Waals surface area contributed by atoms with Crippen molar-refractivity contribution in [3.63, 3.8) is 0 Å². The molecular weight excluding hydrogens is 306 g/mol. The first-order valence-corrected chi connectivity index (χ1v) is 7.71. The predicted molar refractivity (Wildman–Crippen MR) is 80.7 cm³/mol. The lowest BCUT2D eigenvalue weighted by molar-refractivity contribution is -0.0112. The Kier molecular flexibility index (Phi) is 5.67. The average Bonchev–Trinajstić information content (AvgIpc) is 2.46. The van der Waals surface area contributed by atoms with Gasteiger partial charge in [0.15, 0.2) is 0 Å². The second kappa shape index (κ2) is 7.27. The van der Waals surface area contributed by atoms with Crippen LogP contribution in [0.1, 0.15) is 37.8 Å². The van der Waals surface area contributed by atoms with Gasteiger partial charge in [-0.2, -0.15) is 0 Å². The lowest BCUT2D eigenvalue weighted by atomic mass is 10.1. The molecular formula is C15H22BrNO2. The summed E-state index contributed by atoms with van der Waals surface area (Å²) < 4.78 is 12.5. The zero-order valence-electron chi connectivity index (χ0n) is 11.6. The van der Waals surface area contributed by atoms with E-state index in [-0.39, 0.29) is 6.10 Å². The molecule has 2 rings (SSSR count). The van der Waals surface area contributed by atoms with Gasteiger partial charge >= 0.3 is 0 Å². The monoisotopic (exact) mass is 327 g/mol. The fourth-order valence-corrected chi connectivity index (χ4v) is 2.70. The fourth-order valence-electron chi connectivity index (χ4n) is 2.19. The van der Waals surface area contributed by atoms with Crippen molar-refractivity contribution >= 4 is 15.9 Å². The minimum Gasteiger partial charge on any atom is -0.490 e. The number of benzene rings is 1. The predicted octanol–water partition coefficient (Wildman–Crippen LogP) is 3.68. The number of nitrogens with one attached hydrogen (secondary N) is 1. The molecule has 0 aliphatic carbocycles. The molecule has 1 heterocycles. The van der Waals surface area contributed by atoms with Gasteiger partial charge in [-0.05, 0) is 66.9 Å². The molecule has 0 radical (unpaired) electrons. The van der Waals surface area contributed by atoms with Crippen molar-refractivity contribution in [3.05, 3.63) is 28.2 Å². The van der Waals surface area contributed by atoms with Crippen LogP contribution in [0.25, 0.3) is 0 Å². The summed E-state index contributed by atoms with van der Waals surface area (Å²) in [4.78, 5) is 0. The summed E-state index contributed by atoms with van der Waals surface area (Å²) in [6, 6.07) is 6.57. The summed E-state index contributed by atoms with van der Waals surface area (Å²) in [6.45, 7) is 3.64. The van der Waals surface area contributed by atoms with E-state index >= 15 is 0 Å². The topological polar surface area (TPSA) is 30.5 Å². The van der Waals surface area contributed by atoms with Crippen LogP contribution in [-0.4, -0.2) is 26.4 Å². The number of halogens is 1. The van der Waals surface area contributed by atoms with E-state index in [4.69, 9.17) is 9.47 Å². The van der Waals surface area contributed by atoms with Gasteiger partial charge in [0.2, 0.25) is 0 Å². The minimum atomic E-state index is 0.247. The van der Waals surface area contributed by atoms with Gasteiger partial charge in [0.1, 0.15) is 12.4 Å². The van der Waals surface area contributed by atoms with Crippen LogP contribution in [0, 0.1) is 0 Å². The normalized spacial score (nSPS) is 21.1. The van der Waals surface area contributed by atoms with E-state index in [2.05, 4.69) is 40.3 Å². The summed E-state index contributed by atoms with van der Waals surface area (Å²) >= 11 is 3.58. The summed E-state index contributed by atoms with van der Waals surface area (Å²) in [7, 11) is 1.96. The molecule has 1 aromatic rings. The standard InChI is InChI=1S/C15H22BrNO2/c1-11(17-2)12-6-7-15(14(16)9-12)19-10-13-5-3-4-8-18-13/h6-7,9,11,13,17H,3-5,8,10H2,1-2H3. The van der Waals surface area contributed by atoms with Gasteiger partial charge < -0.3 is 14.8 Å². The molecule has 0 aromatic heterocycles. The molecule has 4 heteroatoms. The summed E-state index contributed by atoms with van der Waals surface area (Å²) in [6.07, 6.45) is 3.77. The van der Waals surface area contributed by atoms with Crippen molar-refractivity contribution in [2.24, 2.45) is 0 Å². The highest BCUT2D eigenvalue weighted by atomic mass is 79.9. The summed E-state index contributed by atoms with van der Waals surface area (Å²) in [5, 5.41) is 3.23. The van der Waals surface area contributed by atoms with Crippen LogP contribution in [0.2, 0.25) is 0 Å². The first kappa shape index (κ1) is 14.8. The maximum absolute atomic E-state index is 5.85. The van der Waals surface area contributed by atoms with E-state index in [1.807, 2.05) is 13.1 Å². The smallest absolute Gasteiger partial charge is 0.133 e. The Morgan fingerprint density at radius 2 is 2.32 bits per heavy atom. The third-order valence-electron chi connectivity index (χ3n) is 3.59. The quantitative estimate of drug-likeness (QED) is 0.894. The molecule has 19 heavy (non-hydrogen) atoms. The first-order chi connectivity index (χ1) is 9.20. The highest BCUT2D eigenvalue weighted by molar-refractivity contribution is 9.10. The highest BCUT2D eigenvalue weighted by Crippen LogP contribution is 2.29. The summed E-state index contributed by atoms with van der Waals surface area (Å²) in [5.74, 6) is 0.890. The van der Waals surface area contributed by atoms with E-state index in [0.717, 1.165) is 23.2 Å². The molecule has 0 bridgehead atoms. The molecule has 3 nitrogen and oxygen atoms in total. The lowest BCUT2D eigenvalue weighted by Gasteiger charge is -2.23. The van der Waals surface area contributed by atoms with Crippen molar-refractivity contribution in [2.75, 3.05) is 20.3 Å². The third kappa shape index (κ3) is 4.20. The number of hydrogen-bond donors (Lipinski definition) is 1. The van der Waals surface area contributed by atoms with Crippen molar-refractivity contribution < 1.29 is 9.47 Å². The van der Waals surface area contributed by atoms with Gasteiger partial charge in [0.25, 0.3) is 0 Å². The largest absolute Gasteiger partial charge is 0.490 e. The number of ether oxygens (including phenoxy) is 2. The molecule has 0 amide bonds. The van der Waals surface area contributed by atoms with Crippen LogP contribution in [0.4, 0.5) is 0 Å². The van der Waals surface area contributed by atoms with Crippen molar-refractivity contribution in [1.82, 2.24) is 5.32 Å². The average molecular weight is 328 g/mol. The SMILES string of the molecule is CNC(C)c1ccc(OCC2CCCCO2)c(Br)c1. The molecule has 1 fully saturated rings. The van der Waals surface area contributed by atoms with Crippen LogP contribution in [0.15, 0.2) is 22.7 Å². The Hall–Kier alpha value is -0.580. The molecule has 0 spiro atoms. The molecule has 1 aliphatic heterocycles. The molecule has 0 saturated carbocycles. The maximum Gasteiger partial charge on any atom is 0.133 e. The Bertz CT molecular complexity index is 405. The second-order valence-corrected chi connectivity index (χ2v) is 5.85. The number of hydrogen-bond acceptors (Lipinski definition) is 3. The van der Waals surface area contributed by atoms with Gasteiger partial charge in [0, 0.05) is 12.6 Å². The maximum atomic E-state index is 5.85. The Morgan fingerprint density at radius 3 is 2.95 bits per heavy atom. The van der Waals surface area contributed by atoms with Crippen molar-refractivity contribution in [3.8, 4) is 5.75 Å². The first-order valence-electron chi connectivity index (χ1n) is 6.92. The van der Waals surface area contributed by atoms with E-state index in [9.17, 15) is 0 Å². The van der Waals surface area contributed by atoms with E-state index in [1.54, 1.807) is 0 Å². The van der Waals surface area contributed by atoms with Gasteiger partial charge in [-0.3, -0.25) is 0 Å². The molecule has 1 aromatic carbocycles. The Labute approximate surface area is 123 Å². The Balaban J connectivity index is 1.93. The highest BCUT2D eigenvalue weighted by Gasteiger charge is 2.15. The lowest BCUT2D eigenvalue weighted by Crippen LogP contribution is -2.25. The van der Waals surface area contributed by atoms with Crippen LogP contribution in [-0.2, 0) is 4.74 Å². The van der Waals surface area contributed by atoms with E-state index in [0.29, 0.717) is 12.6 Å². The van der Waals surface area contributed by atoms with Crippen molar-refractivity contribution in [1.29, 1.82) is 0 Å². The molecule has 1 aliphatic rings. The van der Waals surface area contributed by atoms with Crippen molar-refractivity contribution in [2.45, 2.75) is 38.3 Å². The number of rotatable bonds is 5. The molecule has 1 N–H and O–H groups in total. The van der Waals surface area contributed by atoms with E-state index in [1.165, 1.54) is 18.4 Å². The van der Waals surface area contributed by atoms with Gasteiger partial charge in [-0.25, -0.2) is 0 Å². The van der Waals surface area contributed by atoms with Crippen LogP contribution >= 0.6 is 15.9 Å². The molecule has 106 valence electrons. The van der Waals surface area contributed by atoms with Crippen LogP contribution in [0.3, 0.4) is 0 Å². The Morgan fingerprint density at radius 1 is 1.47 bits per heavy atom. The third-order valence-corrected chi connectivity index (χ3v) is 4.21. The molecule has 2 unspecified atom stereocenters. The fraction of sp³-hybridized carbons (Fsp3) is 0.600. The van der Waals surface area contributed by atoms with Gasteiger partial charge in [-0.1, -0.05) is 6.07 Å². The van der Waals surface area contributed by atoms with Crippen LogP contribution in [0.5, 0.6) is 5.75 Å². The molecule has 1 saturated heterocycles. The second-order valence-electron chi connectivity index (χ2n) is 5.00. The van der Waals surface area contributed by atoms with Gasteiger partial charge in [0.05, 0.1) is 10.6 Å². The zero-order chi connectivity index (χ0) is 13.7. The van der Waals surface area contributed by atoms with Gasteiger partial charge in [-0.15, -0.1) is 0 Å².